The second kappa shape index (κ2) is 6.05. The predicted octanol–water partition coefficient (Wildman–Crippen LogP) is 2.10. The van der Waals surface area contributed by atoms with Gasteiger partial charge in [0.2, 0.25) is 0 Å². The Labute approximate surface area is 106 Å². The van der Waals surface area contributed by atoms with Crippen LogP contribution in [0.2, 0.25) is 0 Å². The smallest absolute Gasteiger partial charge is 0.414 e. The molecule has 0 heterocycles. The number of benzene rings is 1. The van der Waals surface area contributed by atoms with Gasteiger partial charge in [-0.3, -0.25) is 10.1 Å². The normalized spacial score (nSPS) is 10.2. The van der Waals surface area contributed by atoms with Gasteiger partial charge in [-0.05, 0) is 30.5 Å². The topological polar surface area (TPSA) is 81.4 Å². The van der Waals surface area contributed by atoms with E-state index < -0.39 is 12.0 Å². The maximum atomic E-state index is 11.7. The number of amides is 2. The third-order valence-electron chi connectivity index (χ3n) is 2.30. The number of alkyl carbamates (subject to hydrolysis) is 1. The first-order valence-corrected chi connectivity index (χ1v) is 5.74. The highest BCUT2D eigenvalue weighted by Crippen LogP contribution is 2.12. The molecule has 98 valence electrons. The maximum Gasteiger partial charge on any atom is 0.414 e. The van der Waals surface area contributed by atoms with Gasteiger partial charge in [0.15, 0.2) is 0 Å². The number of carbonyl (C=O) groups is 2. The van der Waals surface area contributed by atoms with Crippen molar-refractivity contribution in [1.82, 2.24) is 5.32 Å². The van der Waals surface area contributed by atoms with Crippen molar-refractivity contribution < 1.29 is 14.3 Å². The van der Waals surface area contributed by atoms with Gasteiger partial charge < -0.3 is 10.5 Å². The molecule has 0 atom stereocenters. The fraction of sp³-hybridized carbons (Fsp3) is 0.385. The van der Waals surface area contributed by atoms with Crippen LogP contribution in [0.5, 0.6) is 0 Å². The minimum absolute atomic E-state index is 0.223. The van der Waals surface area contributed by atoms with E-state index in [1.807, 2.05) is 20.8 Å². The molecule has 1 rings (SSSR count). The van der Waals surface area contributed by atoms with Crippen LogP contribution in [0.4, 0.5) is 10.5 Å². The third kappa shape index (κ3) is 4.08. The molecule has 0 spiro atoms. The van der Waals surface area contributed by atoms with E-state index in [0.29, 0.717) is 11.3 Å². The molecule has 0 aromatic heterocycles. The molecule has 2 amide bonds. The lowest BCUT2D eigenvalue weighted by molar-refractivity contribution is 0.0906. The number of hydrogen-bond donors (Lipinski definition) is 2. The third-order valence-corrected chi connectivity index (χ3v) is 2.30. The van der Waals surface area contributed by atoms with Crippen molar-refractivity contribution in [2.45, 2.75) is 20.8 Å². The first-order valence-electron chi connectivity index (χ1n) is 5.74. The van der Waals surface area contributed by atoms with Gasteiger partial charge in [-0.2, -0.15) is 0 Å². The molecule has 18 heavy (non-hydrogen) atoms. The standard InChI is InChI=1S/C13H18N2O3/c1-8(2)7-18-13(17)15-12(16)10-5-4-9(3)11(14)6-10/h4-6,8H,7,14H2,1-3H3,(H,15,16,17). The lowest BCUT2D eigenvalue weighted by Gasteiger charge is -2.08. The molecule has 0 radical (unpaired) electrons. The maximum absolute atomic E-state index is 11.7. The minimum Gasteiger partial charge on any atom is -0.449 e. The molecule has 0 unspecified atom stereocenters. The van der Waals surface area contributed by atoms with Crippen molar-refractivity contribution in [3.8, 4) is 0 Å². The highest BCUT2D eigenvalue weighted by molar-refractivity contribution is 6.03. The fourth-order valence-electron chi connectivity index (χ4n) is 1.23. The average molecular weight is 250 g/mol. The number of nitrogens with one attached hydrogen (secondary N) is 1. The Morgan fingerprint density at radius 3 is 2.61 bits per heavy atom. The Balaban J connectivity index is 2.59. The lowest BCUT2D eigenvalue weighted by Crippen LogP contribution is -2.31. The van der Waals surface area contributed by atoms with Gasteiger partial charge in [-0.25, -0.2) is 4.79 Å². The van der Waals surface area contributed by atoms with Gasteiger partial charge in [0.05, 0.1) is 6.61 Å². The molecule has 5 nitrogen and oxygen atoms in total. The van der Waals surface area contributed by atoms with Crippen molar-refractivity contribution in [3.05, 3.63) is 29.3 Å². The average Bonchev–Trinajstić information content (AvgIpc) is 2.30. The molecule has 0 saturated heterocycles. The summed E-state index contributed by atoms with van der Waals surface area (Å²) in [7, 11) is 0. The zero-order valence-electron chi connectivity index (χ0n) is 10.8. The summed E-state index contributed by atoms with van der Waals surface area (Å²) in [5.74, 6) is -0.295. The summed E-state index contributed by atoms with van der Waals surface area (Å²) >= 11 is 0. The summed E-state index contributed by atoms with van der Waals surface area (Å²) in [6, 6.07) is 4.86. The number of hydrogen-bond acceptors (Lipinski definition) is 4. The van der Waals surface area contributed by atoms with Crippen LogP contribution < -0.4 is 11.1 Å². The number of rotatable bonds is 3. The summed E-state index contributed by atoms with van der Waals surface area (Å²) in [6.45, 7) is 5.94. The Kier molecular flexibility index (Phi) is 4.71. The van der Waals surface area contributed by atoms with Gasteiger partial charge in [-0.15, -0.1) is 0 Å². The molecule has 5 heteroatoms. The van der Waals surface area contributed by atoms with Gasteiger partial charge in [0.1, 0.15) is 0 Å². The predicted molar refractivity (Wildman–Crippen MR) is 69.2 cm³/mol. The Hall–Kier alpha value is -2.04. The molecule has 0 aliphatic heterocycles. The fourth-order valence-corrected chi connectivity index (χ4v) is 1.23. The zero-order chi connectivity index (χ0) is 13.7. The lowest BCUT2D eigenvalue weighted by atomic mass is 10.1. The summed E-state index contributed by atoms with van der Waals surface area (Å²) < 4.78 is 4.85. The Morgan fingerprint density at radius 2 is 2.06 bits per heavy atom. The SMILES string of the molecule is Cc1ccc(C(=O)NC(=O)OCC(C)C)cc1N. The number of nitrogen functional groups attached to an aromatic ring is 1. The van der Waals surface area contributed by atoms with Crippen LogP contribution in [0.3, 0.4) is 0 Å². The zero-order valence-corrected chi connectivity index (χ0v) is 10.8. The molecular weight excluding hydrogens is 232 g/mol. The summed E-state index contributed by atoms with van der Waals surface area (Å²) in [4.78, 5) is 23.0. The number of aryl methyl sites for hydroxylation is 1. The van der Waals surface area contributed by atoms with Crippen LogP contribution in [0.25, 0.3) is 0 Å². The summed E-state index contributed by atoms with van der Waals surface area (Å²) in [6.07, 6.45) is -0.743. The van der Waals surface area contributed by atoms with Gasteiger partial charge >= 0.3 is 6.09 Å². The molecule has 0 saturated carbocycles. The van der Waals surface area contributed by atoms with Crippen LogP contribution in [-0.2, 0) is 4.74 Å². The first kappa shape index (κ1) is 14.0. The number of carbonyl (C=O) groups excluding carboxylic acids is 2. The van der Waals surface area contributed by atoms with Gasteiger partial charge in [0.25, 0.3) is 5.91 Å². The molecule has 0 aliphatic carbocycles. The van der Waals surface area contributed by atoms with E-state index in [1.54, 1.807) is 12.1 Å². The van der Waals surface area contributed by atoms with Gasteiger partial charge in [0, 0.05) is 11.3 Å². The Bertz CT molecular complexity index is 456. The highest BCUT2D eigenvalue weighted by atomic mass is 16.5. The van der Waals surface area contributed by atoms with E-state index in [4.69, 9.17) is 10.5 Å². The van der Waals surface area contributed by atoms with Crippen LogP contribution in [-0.4, -0.2) is 18.6 Å². The van der Waals surface area contributed by atoms with E-state index in [-0.39, 0.29) is 12.5 Å². The molecule has 1 aromatic carbocycles. The molecule has 0 aliphatic rings. The molecule has 1 aromatic rings. The van der Waals surface area contributed by atoms with Crippen molar-refractivity contribution in [2.24, 2.45) is 5.92 Å². The van der Waals surface area contributed by atoms with Crippen LogP contribution in [0.1, 0.15) is 29.8 Å². The minimum atomic E-state index is -0.743. The second-order valence-corrected chi connectivity index (χ2v) is 4.52. The van der Waals surface area contributed by atoms with Crippen molar-refractivity contribution in [3.63, 3.8) is 0 Å². The van der Waals surface area contributed by atoms with Gasteiger partial charge in [-0.1, -0.05) is 19.9 Å². The van der Waals surface area contributed by atoms with Crippen molar-refractivity contribution in [1.29, 1.82) is 0 Å². The largest absolute Gasteiger partial charge is 0.449 e. The van der Waals surface area contributed by atoms with E-state index in [9.17, 15) is 9.59 Å². The van der Waals surface area contributed by atoms with E-state index in [1.165, 1.54) is 6.07 Å². The molecule has 0 bridgehead atoms. The first-order chi connectivity index (χ1) is 8.40. The number of nitrogens with two attached hydrogens (primary N) is 1. The number of ether oxygens (including phenoxy) is 1. The number of imide groups is 1. The van der Waals surface area contributed by atoms with E-state index in [2.05, 4.69) is 5.32 Å². The Morgan fingerprint density at radius 1 is 1.39 bits per heavy atom. The van der Waals surface area contributed by atoms with Crippen LogP contribution in [0.15, 0.2) is 18.2 Å². The van der Waals surface area contributed by atoms with Crippen molar-refractivity contribution >= 4 is 17.7 Å². The van der Waals surface area contributed by atoms with Crippen LogP contribution >= 0.6 is 0 Å². The molecule has 3 N–H and O–H groups in total. The quantitative estimate of drug-likeness (QED) is 0.805. The summed E-state index contributed by atoms with van der Waals surface area (Å²) in [5.41, 5.74) is 7.42. The van der Waals surface area contributed by atoms with Crippen LogP contribution in [0, 0.1) is 12.8 Å². The van der Waals surface area contributed by atoms with E-state index in [0.717, 1.165) is 5.56 Å². The van der Waals surface area contributed by atoms with E-state index >= 15 is 0 Å². The summed E-state index contributed by atoms with van der Waals surface area (Å²) in [5, 5.41) is 2.14. The monoisotopic (exact) mass is 250 g/mol. The molecular formula is C13H18N2O3. The second-order valence-electron chi connectivity index (χ2n) is 4.52. The molecule has 0 fully saturated rings. The number of anilines is 1. The highest BCUT2D eigenvalue weighted by Gasteiger charge is 2.12. The van der Waals surface area contributed by atoms with Crippen molar-refractivity contribution in [2.75, 3.05) is 12.3 Å².